The molecule has 0 aliphatic rings. The monoisotopic (exact) mass is 429 g/mol. The zero-order valence-electron chi connectivity index (χ0n) is 17.7. The zero-order chi connectivity index (χ0) is 21.3. The molecule has 9 heteroatoms. The van der Waals surface area contributed by atoms with Crippen LogP contribution in [0, 0.1) is 13.8 Å². The highest BCUT2D eigenvalue weighted by Crippen LogP contribution is 2.18. The van der Waals surface area contributed by atoms with Gasteiger partial charge in [-0.2, -0.15) is 10.1 Å². The molecule has 0 fully saturated rings. The van der Waals surface area contributed by atoms with Gasteiger partial charge in [0, 0.05) is 48.9 Å². The number of aliphatic imine (C=N–C) groups is 1. The van der Waals surface area contributed by atoms with Gasteiger partial charge in [-0.05, 0) is 57.5 Å². The number of benzene rings is 1. The van der Waals surface area contributed by atoms with E-state index in [0.29, 0.717) is 29.7 Å². The van der Waals surface area contributed by atoms with Gasteiger partial charge in [-0.25, -0.2) is 0 Å². The Balaban J connectivity index is 1.45. The van der Waals surface area contributed by atoms with Crippen molar-refractivity contribution in [1.82, 2.24) is 30.6 Å². The van der Waals surface area contributed by atoms with E-state index in [1.54, 1.807) is 0 Å². The molecule has 0 amide bonds. The van der Waals surface area contributed by atoms with Gasteiger partial charge in [0.05, 0.1) is 5.69 Å². The molecule has 3 aromatic rings. The quantitative estimate of drug-likeness (QED) is 0.307. The summed E-state index contributed by atoms with van der Waals surface area (Å²) in [5.41, 5.74) is 3.10. The molecule has 3 rings (SSSR count). The van der Waals surface area contributed by atoms with Crippen LogP contribution in [0.25, 0.3) is 11.4 Å². The molecule has 8 nitrogen and oxygen atoms in total. The van der Waals surface area contributed by atoms with E-state index in [0.717, 1.165) is 43.3 Å². The number of rotatable bonds is 9. The number of guanidine groups is 1. The first kappa shape index (κ1) is 21.8. The minimum absolute atomic E-state index is 0.561. The lowest BCUT2D eigenvalue weighted by atomic mass is 10.2. The second kappa shape index (κ2) is 10.8. The van der Waals surface area contributed by atoms with Crippen LogP contribution in [0.4, 0.5) is 0 Å². The van der Waals surface area contributed by atoms with Gasteiger partial charge in [0.15, 0.2) is 5.96 Å². The number of nitrogens with one attached hydrogen (secondary N) is 2. The fourth-order valence-corrected chi connectivity index (χ4v) is 3.14. The van der Waals surface area contributed by atoms with Crippen LogP contribution in [0.1, 0.15) is 30.6 Å². The molecule has 2 aromatic heterocycles. The van der Waals surface area contributed by atoms with E-state index < -0.39 is 0 Å². The average Bonchev–Trinajstić information content (AvgIpc) is 3.31. The zero-order valence-corrected chi connectivity index (χ0v) is 18.4. The van der Waals surface area contributed by atoms with Gasteiger partial charge in [-0.1, -0.05) is 16.8 Å². The number of nitrogens with zero attached hydrogens (tertiary/aromatic N) is 5. The van der Waals surface area contributed by atoms with Gasteiger partial charge >= 0.3 is 0 Å². The molecule has 2 N–H and O–H groups in total. The number of hydrogen-bond acceptors (Lipinski definition) is 5. The Morgan fingerprint density at radius 1 is 1.20 bits per heavy atom. The van der Waals surface area contributed by atoms with E-state index in [1.807, 2.05) is 42.8 Å². The van der Waals surface area contributed by atoms with Crippen LogP contribution < -0.4 is 10.6 Å². The Labute approximate surface area is 181 Å². The van der Waals surface area contributed by atoms with Crippen molar-refractivity contribution in [2.45, 2.75) is 40.2 Å². The summed E-state index contributed by atoms with van der Waals surface area (Å²) in [7, 11) is 0. The normalized spacial score (nSPS) is 11.7. The Kier molecular flexibility index (Phi) is 7.84. The van der Waals surface area contributed by atoms with Crippen LogP contribution in [0.5, 0.6) is 0 Å². The van der Waals surface area contributed by atoms with Crippen LogP contribution in [-0.2, 0) is 13.0 Å². The van der Waals surface area contributed by atoms with Crippen molar-refractivity contribution in [3.8, 4) is 11.4 Å². The number of hydrogen-bond donors (Lipinski definition) is 2. The third-order valence-electron chi connectivity index (χ3n) is 4.45. The average molecular weight is 430 g/mol. The number of aromatic nitrogens is 4. The van der Waals surface area contributed by atoms with Gasteiger partial charge in [-0.15, -0.1) is 0 Å². The molecular weight excluding hydrogens is 402 g/mol. The van der Waals surface area contributed by atoms with Crippen molar-refractivity contribution in [3.05, 3.63) is 52.6 Å². The second-order valence-corrected chi connectivity index (χ2v) is 7.40. The van der Waals surface area contributed by atoms with Crippen LogP contribution in [0.15, 0.2) is 39.8 Å². The summed E-state index contributed by atoms with van der Waals surface area (Å²) in [4.78, 5) is 9.07. The summed E-state index contributed by atoms with van der Waals surface area (Å²) in [6.45, 7) is 9.15. The van der Waals surface area contributed by atoms with E-state index in [1.165, 1.54) is 5.69 Å². The first-order valence-electron chi connectivity index (χ1n) is 10.2. The maximum atomic E-state index is 5.92. The van der Waals surface area contributed by atoms with E-state index in [4.69, 9.17) is 16.1 Å². The Morgan fingerprint density at radius 2 is 2.00 bits per heavy atom. The molecule has 0 atom stereocenters. The first-order chi connectivity index (χ1) is 14.5. The lowest BCUT2D eigenvalue weighted by Gasteiger charge is -2.10. The number of aryl methyl sites for hydroxylation is 3. The van der Waals surface area contributed by atoms with Gasteiger partial charge in [0.2, 0.25) is 11.7 Å². The molecule has 160 valence electrons. The van der Waals surface area contributed by atoms with Crippen LogP contribution in [-0.4, -0.2) is 45.5 Å². The lowest BCUT2D eigenvalue weighted by Crippen LogP contribution is -2.38. The summed E-state index contributed by atoms with van der Waals surface area (Å²) < 4.78 is 7.37. The standard InChI is InChI=1S/C21H28ClN7O/c1-4-23-21(24-11-5-13-29-16(3)14-15(2)27-29)25-12-10-19-26-20(28-30-19)17-6-8-18(22)9-7-17/h6-9,14H,4-5,10-13H2,1-3H3,(H2,23,24,25). The van der Waals surface area contributed by atoms with Crippen LogP contribution in [0.2, 0.25) is 5.02 Å². The van der Waals surface area contributed by atoms with Gasteiger partial charge < -0.3 is 15.2 Å². The molecule has 0 aliphatic heterocycles. The molecular formula is C21H28ClN7O. The molecule has 0 aliphatic carbocycles. The topological polar surface area (TPSA) is 93.2 Å². The van der Waals surface area contributed by atoms with Crippen molar-refractivity contribution in [1.29, 1.82) is 0 Å². The molecule has 30 heavy (non-hydrogen) atoms. The number of halogens is 1. The van der Waals surface area contributed by atoms with Crippen molar-refractivity contribution in [2.75, 3.05) is 19.6 Å². The molecule has 1 aromatic carbocycles. The van der Waals surface area contributed by atoms with E-state index >= 15 is 0 Å². The fraction of sp³-hybridized carbons (Fsp3) is 0.429. The van der Waals surface area contributed by atoms with E-state index in [2.05, 4.69) is 43.9 Å². The Hall–Kier alpha value is -2.87. The van der Waals surface area contributed by atoms with Gasteiger partial charge in [0.25, 0.3) is 0 Å². The summed E-state index contributed by atoms with van der Waals surface area (Å²) >= 11 is 5.92. The lowest BCUT2D eigenvalue weighted by molar-refractivity contribution is 0.378. The van der Waals surface area contributed by atoms with Crippen LogP contribution >= 0.6 is 11.6 Å². The van der Waals surface area contributed by atoms with Gasteiger partial charge in [0.1, 0.15) is 0 Å². The van der Waals surface area contributed by atoms with Crippen molar-refractivity contribution >= 4 is 17.6 Å². The summed E-state index contributed by atoms with van der Waals surface area (Å²) in [6.07, 6.45) is 1.53. The molecule has 0 saturated carbocycles. The SMILES string of the molecule is CCNC(=NCCCn1nc(C)cc1C)NCCc1nc(-c2ccc(Cl)cc2)no1. The summed E-state index contributed by atoms with van der Waals surface area (Å²) in [6, 6.07) is 9.45. The second-order valence-electron chi connectivity index (χ2n) is 6.96. The third-order valence-corrected chi connectivity index (χ3v) is 4.70. The Morgan fingerprint density at radius 3 is 2.70 bits per heavy atom. The predicted octanol–water partition coefficient (Wildman–Crippen LogP) is 3.39. The minimum Gasteiger partial charge on any atom is -0.357 e. The smallest absolute Gasteiger partial charge is 0.228 e. The Bertz CT molecular complexity index is 962. The largest absolute Gasteiger partial charge is 0.357 e. The predicted molar refractivity (Wildman–Crippen MR) is 119 cm³/mol. The fourth-order valence-electron chi connectivity index (χ4n) is 3.01. The molecule has 2 heterocycles. The highest BCUT2D eigenvalue weighted by Gasteiger charge is 2.09. The minimum atomic E-state index is 0.561. The summed E-state index contributed by atoms with van der Waals surface area (Å²) in [5, 5.41) is 15.8. The van der Waals surface area contributed by atoms with E-state index in [9.17, 15) is 0 Å². The molecule has 0 spiro atoms. The van der Waals surface area contributed by atoms with E-state index in [-0.39, 0.29) is 0 Å². The highest BCUT2D eigenvalue weighted by atomic mass is 35.5. The van der Waals surface area contributed by atoms with Crippen molar-refractivity contribution < 1.29 is 4.52 Å². The maximum Gasteiger partial charge on any atom is 0.228 e. The van der Waals surface area contributed by atoms with Crippen LogP contribution in [0.3, 0.4) is 0 Å². The first-order valence-corrected chi connectivity index (χ1v) is 10.5. The molecule has 0 unspecified atom stereocenters. The van der Waals surface area contributed by atoms with Gasteiger partial charge in [-0.3, -0.25) is 9.67 Å². The molecule has 0 radical (unpaired) electrons. The maximum absolute atomic E-state index is 5.92. The highest BCUT2D eigenvalue weighted by molar-refractivity contribution is 6.30. The molecule has 0 bridgehead atoms. The van der Waals surface area contributed by atoms with Crippen molar-refractivity contribution in [3.63, 3.8) is 0 Å². The third kappa shape index (κ3) is 6.32. The van der Waals surface area contributed by atoms with Crippen molar-refractivity contribution in [2.24, 2.45) is 4.99 Å². The summed E-state index contributed by atoms with van der Waals surface area (Å²) in [5.74, 6) is 1.92. The molecule has 0 saturated heterocycles.